The van der Waals surface area contributed by atoms with Gasteiger partial charge in [-0.1, -0.05) is 12.2 Å². The van der Waals surface area contributed by atoms with Gasteiger partial charge in [-0.05, 0) is 43.0 Å². The van der Waals surface area contributed by atoms with E-state index in [4.69, 9.17) is 9.72 Å². The Kier molecular flexibility index (Phi) is 6.18. The molecule has 194 valence electrons. The second-order valence-electron chi connectivity index (χ2n) is 10.6. The van der Waals surface area contributed by atoms with Gasteiger partial charge in [0.05, 0.1) is 24.3 Å². The van der Waals surface area contributed by atoms with E-state index in [2.05, 4.69) is 9.88 Å². The van der Waals surface area contributed by atoms with Gasteiger partial charge in [0.25, 0.3) is 11.8 Å². The fourth-order valence-corrected chi connectivity index (χ4v) is 5.79. The predicted molar refractivity (Wildman–Crippen MR) is 137 cm³/mol. The van der Waals surface area contributed by atoms with Crippen molar-refractivity contribution in [1.82, 2.24) is 19.8 Å². The summed E-state index contributed by atoms with van der Waals surface area (Å²) in [7, 11) is 0. The standard InChI is InChI=1S/C28H32FN5O3/c1-2-5-28(29)6-9-32(10-7-28)26(35)21-11-20-4-3-8-34(25(20)31-13-21)24-12-22-16-33(15-19-17-37-18-19)27(36)23(22)14-30-24/h2,5,11-14,19H,3-4,6-10,15-18H2,1H3/b5-2+. The second-order valence-corrected chi connectivity index (χ2v) is 10.6. The maximum Gasteiger partial charge on any atom is 0.256 e. The third kappa shape index (κ3) is 4.50. The molecule has 4 aliphatic rings. The summed E-state index contributed by atoms with van der Waals surface area (Å²) in [5, 5.41) is 0. The first-order valence-corrected chi connectivity index (χ1v) is 13.2. The Labute approximate surface area is 216 Å². The predicted octanol–water partition coefficient (Wildman–Crippen LogP) is 3.68. The average molecular weight is 506 g/mol. The molecule has 0 aromatic carbocycles. The number of piperidine rings is 1. The molecule has 0 aliphatic carbocycles. The number of nitrogens with zero attached hydrogens (tertiary/aromatic N) is 5. The zero-order valence-corrected chi connectivity index (χ0v) is 21.2. The van der Waals surface area contributed by atoms with Crippen molar-refractivity contribution in [1.29, 1.82) is 0 Å². The first-order valence-electron chi connectivity index (χ1n) is 13.2. The van der Waals surface area contributed by atoms with Crippen LogP contribution in [0.5, 0.6) is 0 Å². The molecular weight excluding hydrogens is 473 g/mol. The number of alkyl halides is 1. The van der Waals surface area contributed by atoms with Crippen molar-refractivity contribution in [2.24, 2.45) is 5.92 Å². The van der Waals surface area contributed by atoms with Crippen LogP contribution in [-0.4, -0.2) is 76.6 Å². The Balaban J connectivity index is 1.18. The van der Waals surface area contributed by atoms with Crippen molar-refractivity contribution in [2.45, 2.75) is 44.8 Å². The van der Waals surface area contributed by atoms with E-state index in [1.807, 2.05) is 24.0 Å². The molecule has 2 fully saturated rings. The Morgan fingerprint density at radius 2 is 1.97 bits per heavy atom. The van der Waals surface area contributed by atoms with Crippen molar-refractivity contribution in [3.05, 3.63) is 58.9 Å². The number of pyridine rings is 2. The van der Waals surface area contributed by atoms with Crippen LogP contribution in [0.4, 0.5) is 16.0 Å². The molecule has 6 rings (SSSR count). The van der Waals surface area contributed by atoms with Gasteiger partial charge >= 0.3 is 0 Å². The highest BCUT2D eigenvalue weighted by Crippen LogP contribution is 2.35. The van der Waals surface area contributed by atoms with E-state index in [0.717, 1.165) is 55.4 Å². The summed E-state index contributed by atoms with van der Waals surface area (Å²) in [6.07, 6.45) is 9.03. The maximum absolute atomic E-state index is 14.8. The number of anilines is 2. The summed E-state index contributed by atoms with van der Waals surface area (Å²) in [5.74, 6) is 1.93. The second kappa shape index (κ2) is 9.52. The third-order valence-corrected chi connectivity index (χ3v) is 7.94. The molecule has 9 heteroatoms. The molecule has 0 N–H and O–H groups in total. The van der Waals surface area contributed by atoms with Gasteiger partial charge in [0, 0.05) is 63.9 Å². The number of halogens is 1. The minimum absolute atomic E-state index is 0.0368. The van der Waals surface area contributed by atoms with E-state index in [1.165, 1.54) is 0 Å². The Morgan fingerprint density at radius 1 is 1.16 bits per heavy atom. The lowest BCUT2D eigenvalue weighted by Gasteiger charge is -2.35. The highest BCUT2D eigenvalue weighted by molar-refractivity contribution is 5.98. The van der Waals surface area contributed by atoms with E-state index in [0.29, 0.717) is 56.1 Å². The lowest BCUT2D eigenvalue weighted by molar-refractivity contribution is -0.0433. The third-order valence-electron chi connectivity index (χ3n) is 7.94. The van der Waals surface area contributed by atoms with E-state index in [9.17, 15) is 14.0 Å². The monoisotopic (exact) mass is 505 g/mol. The van der Waals surface area contributed by atoms with Crippen LogP contribution in [0.3, 0.4) is 0 Å². The highest BCUT2D eigenvalue weighted by atomic mass is 19.1. The maximum atomic E-state index is 14.8. The molecule has 0 unspecified atom stereocenters. The number of aromatic nitrogens is 2. The molecule has 6 heterocycles. The molecule has 0 bridgehead atoms. The van der Waals surface area contributed by atoms with E-state index >= 15 is 0 Å². The molecular formula is C28H32FN5O3. The van der Waals surface area contributed by atoms with Crippen LogP contribution >= 0.6 is 0 Å². The quantitative estimate of drug-likeness (QED) is 0.577. The number of likely N-dealkylation sites (tertiary alicyclic amines) is 1. The normalized spacial score (nSPS) is 21.2. The lowest BCUT2D eigenvalue weighted by atomic mass is 9.92. The summed E-state index contributed by atoms with van der Waals surface area (Å²) >= 11 is 0. The molecule has 2 aromatic heterocycles. The summed E-state index contributed by atoms with van der Waals surface area (Å²) < 4.78 is 20.0. The van der Waals surface area contributed by atoms with Crippen LogP contribution < -0.4 is 4.90 Å². The Morgan fingerprint density at radius 3 is 2.70 bits per heavy atom. The topological polar surface area (TPSA) is 78.9 Å². The minimum atomic E-state index is -1.32. The summed E-state index contributed by atoms with van der Waals surface area (Å²) in [4.78, 5) is 41.0. The fraction of sp³-hybridized carbons (Fsp3) is 0.500. The summed E-state index contributed by atoms with van der Waals surface area (Å²) in [6, 6.07) is 3.93. The van der Waals surface area contributed by atoms with E-state index < -0.39 is 5.67 Å². The van der Waals surface area contributed by atoms with Crippen LogP contribution in [-0.2, 0) is 17.7 Å². The number of fused-ring (bicyclic) bond motifs is 2. The van der Waals surface area contributed by atoms with Gasteiger partial charge in [0.15, 0.2) is 0 Å². The van der Waals surface area contributed by atoms with Crippen molar-refractivity contribution < 1.29 is 18.7 Å². The van der Waals surface area contributed by atoms with Crippen LogP contribution in [0.25, 0.3) is 0 Å². The molecule has 0 saturated carbocycles. The molecule has 2 aromatic rings. The molecule has 8 nitrogen and oxygen atoms in total. The summed E-state index contributed by atoms with van der Waals surface area (Å²) in [6.45, 7) is 6.12. The molecule has 0 radical (unpaired) electrons. The van der Waals surface area contributed by atoms with Crippen molar-refractivity contribution >= 4 is 23.5 Å². The Hall–Kier alpha value is -3.33. The van der Waals surface area contributed by atoms with Crippen LogP contribution in [0.1, 0.15) is 58.0 Å². The SMILES string of the molecule is C/C=C/C1(F)CCN(C(=O)c2cnc3c(c2)CCCN3c2cc3c(cn2)C(=O)N(CC2COC2)C3)CC1. The minimum Gasteiger partial charge on any atom is -0.381 e. The smallest absolute Gasteiger partial charge is 0.256 e. The molecule has 37 heavy (non-hydrogen) atoms. The van der Waals surface area contributed by atoms with E-state index in [1.54, 1.807) is 29.4 Å². The van der Waals surface area contributed by atoms with Gasteiger partial charge in [-0.2, -0.15) is 0 Å². The van der Waals surface area contributed by atoms with Crippen molar-refractivity contribution in [2.75, 3.05) is 44.3 Å². The number of allylic oxidation sites excluding steroid dienone is 2. The molecule has 4 aliphatic heterocycles. The van der Waals surface area contributed by atoms with Gasteiger partial charge < -0.3 is 19.4 Å². The van der Waals surface area contributed by atoms with Gasteiger partial charge in [0.1, 0.15) is 17.3 Å². The molecule has 2 amide bonds. The largest absolute Gasteiger partial charge is 0.381 e. The number of rotatable bonds is 5. The summed E-state index contributed by atoms with van der Waals surface area (Å²) in [5.41, 5.74) is 1.88. The molecule has 2 saturated heterocycles. The van der Waals surface area contributed by atoms with Gasteiger partial charge in [-0.25, -0.2) is 14.4 Å². The number of ether oxygens (including phenoxy) is 1. The van der Waals surface area contributed by atoms with Gasteiger partial charge in [-0.15, -0.1) is 0 Å². The van der Waals surface area contributed by atoms with Gasteiger partial charge in [0.2, 0.25) is 0 Å². The van der Waals surface area contributed by atoms with Crippen molar-refractivity contribution in [3.8, 4) is 0 Å². The van der Waals surface area contributed by atoms with Gasteiger partial charge in [-0.3, -0.25) is 9.59 Å². The first-order chi connectivity index (χ1) is 17.9. The number of carbonyl (C=O) groups is 2. The number of hydrogen-bond donors (Lipinski definition) is 0. The van der Waals surface area contributed by atoms with Crippen LogP contribution in [0.2, 0.25) is 0 Å². The number of hydrogen-bond acceptors (Lipinski definition) is 6. The number of carbonyl (C=O) groups excluding carboxylic acids is 2. The Bertz CT molecular complexity index is 1250. The van der Waals surface area contributed by atoms with Crippen molar-refractivity contribution in [3.63, 3.8) is 0 Å². The van der Waals surface area contributed by atoms with E-state index in [-0.39, 0.29) is 11.8 Å². The fourth-order valence-electron chi connectivity index (χ4n) is 5.79. The van der Waals surface area contributed by atoms with Crippen LogP contribution in [0.15, 0.2) is 36.7 Å². The zero-order chi connectivity index (χ0) is 25.6. The highest BCUT2D eigenvalue weighted by Gasteiger charge is 2.35. The molecule has 0 atom stereocenters. The molecule has 0 spiro atoms. The number of amides is 2. The van der Waals surface area contributed by atoms with Crippen LogP contribution in [0, 0.1) is 5.92 Å². The zero-order valence-electron chi connectivity index (χ0n) is 21.2. The average Bonchev–Trinajstić information content (AvgIpc) is 3.20. The lowest BCUT2D eigenvalue weighted by Crippen LogP contribution is -2.43. The first kappa shape index (κ1) is 24.0. The number of aryl methyl sites for hydroxylation is 1.